The van der Waals surface area contributed by atoms with Gasteiger partial charge < -0.3 is 15.0 Å². The summed E-state index contributed by atoms with van der Waals surface area (Å²) >= 11 is 9.98. The Morgan fingerprint density at radius 2 is 1.86 bits per heavy atom. The largest absolute Gasteiger partial charge is 0.483 e. The van der Waals surface area contributed by atoms with Crippen LogP contribution in [-0.2, 0) is 21.5 Å². The van der Waals surface area contributed by atoms with Gasteiger partial charge in [-0.25, -0.2) is 0 Å². The molecule has 1 aliphatic rings. The average Bonchev–Trinajstić information content (AvgIpc) is 3.31. The van der Waals surface area contributed by atoms with Crippen LogP contribution < -0.4 is 10.1 Å². The fraction of sp³-hybridized carbons (Fsp3) is 0.500. The number of carbonyl (C=O) groups excluding carboxylic acids is 2. The summed E-state index contributed by atoms with van der Waals surface area (Å²) in [5.74, 6) is 0.216. The van der Waals surface area contributed by atoms with Crippen molar-refractivity contribution in [2.24, 2.45) is 0 Å². The number of halogens is 2. The molecule has 2 aromatic rings. The Kier molecular flexibility index (Phi) is 9.65. The third kappa shape index (κ3) is 7.47. The smallest absolute Gasteiger partial charge is 0.261 e. The van der Waals surface area contributed by atoms with Crippen LogP contribution in [0, 0.1) is 0 Å². The maximum atomic E-state index is 13.5. The molecule has 5 nitrogen and oxygen atoms in total. The van der Waals surface area contributed by atoms with Crippen LogP contribution in [0.25, 0.3) is 0 Å². The van der Waals surface area contributed by atoms with Gasteiger partial charge in [0.05, 0.1) is 4.47 Å². The van der Waals surface area contributed by atoms with E-state index in [0.717, 1.165) is 41.3 Å². The van der Waals surface area contributed by atoms with E-state index in [1.165, 1.54) is 0 Å². The molecule has 1 fully saturated rings. The Morgan fingerprint density at radius 3 is 2.46 bits per heavy atom. The molecule has 1 atom stereocenters. The summed E-state index contributed by atoms with van der Waals surface area (Å²) in [6, 6.07) is 12.9. The molecule has 0 saturated heterocycles. The summed E-state index contributed by atoms with van der Waals surface area (Å²) in [5, 5.41) is 3.72. The van der Waals surface area contributed by atoms with Gasteiger partial charge >= 0.3 is 0 Å². The summed E-state index contributed by atoms with van der Waals surface area (Å²) in [5.41, 5.74) is 1.97. The molecule has 1 aliphatic carbocycles. The lowest BCUT2D eigenvalue weighted by atomic mass is 9.87. The van der Waals surface area contributed by atoms with Gasteiger partial charge in [-0.15, -0.1) is 0 Å². The lowest BCUT2D eigenvalue weighted by molar-refractivity contribution is -0.143. The molecule has 0 spiro atoms. The number of amides is 2. The standard InChI is InChI=1S/C28H36BrClN2O3/c1-5-24(27(34)31-21-11-7-8-12-21)32(17-19-10-6-9-13-23(19)30)26(33)18-35-25-15-14-20(16-22(25)29)28(2,3)4/h6,9-10,13-16,21,24H,5,7-8,11-12,17-18H2,1-4H3,(H,31,34)/t24-/m0/s1. The predicted molar refractivity (Wildman–Crippen MR) is 145 cm³/mol. The normalized spacial score (nSPS) is 15.0. The monoisotopic (exact) mass is 562 g/mol. The summed E-state index contributed by atoms with van der Waals surface area (Å²) in [7, 11) is 0. The van der Waals surface area contributed by atoms with E-state index in [9.17, 15) is 9.59 Å². The molecular formula is C28H36BrClN2O3. The Morgan fingerprint density at radius 1 is 1.17 bits per heavy atom. The number of ether oxygens (including phenoxy) is 1. The van der Waals surface area contributed by atoms with Crippen molar-refractivity contribution in [1.29, 1.82) is 0 Å². The van der Waals surface area contributed by atoms with Crippen LogP contribution in [0.3, 0.4) is 0 Å². The first kappa shape index (κ1) is 27.5. The Labute approximate surface area is 222 Å². The second-order valence-corrected chi connectivity index (χ2v) is 11.5. The van der Waals surface area contributed by atoms with Crippen LogP contribution in [0.1, 0.15) is 70.9 Å². The molecule has 0 radical (unpaired) electrons. The Hall–Kier alpha value is -2.05. The highest BCUT2D eigenvalue weighted by atomic mass is 79.9. The van der Waals surface area contributed by atoms with Crippen LogP contribution in [0.5, 0.6) is 5.75 Å². The fourth-order valence-electron chi connectivity index (χ4n) is 4.40. The topological polar surface area (TPSA) is 58.6 Å². The van der Waals surface area contributed by atoms with Gasteiger partial charge in [0.2, 0.25) is 5.91 Å². The molecule has 1 saturated carbocycles. The van der Waals surface area contributed by atoms with Crippen LogP contribution in [-0.4, -0.2) is 35.4 Å². The minimum Gasteiger partial charge on any atom is -0.483 e. The molecule has 0 unspecified atom stereocenters. The van der Waals surface area contributed by atoms with Gasteiger partial charge in [-0.1, -0.05) is 76.4 Å². The first-order valence-corrected chi connectivity index (χ1v) is 13.5. The number of carbonyl (C=O) groups is 2. The van der Waals surface area contributed by atoms with Gasteiger partial charge in [-0.05, 0) is 69.9 Å². The summed E-state index contributed by atoms with van der Waals surface area (Å²) < 4.78 is 6.71. The number of rotatable bonds is 9. The molecular weight excluding hydrogens is 528 g/mol. The van der Waals surface area contributed by atoms with E-state index < -0.39 is 6.04 Å². The third-order valence-corrected chi connectivity index (χ3v) is 7.52. The summed E-state index contributed by atoms with van der Waals surface area (Å²) in [6.45, 7) is 8.43. The van der Waals surface area contributed by atoms with Crippen molar-refractivity contribution in [3.63, 3.8) is 0 Å². The van der Waals surface area contributed by atoms with Crippen molar-refractivity contribution in [2.45, 2.75) is 83.8 Å². The van der Waals surface area contributed by atoms with E-state index in [4.69, 9.17) is 16.3 Å². The third-order valence-electron chi connectivity index (χ3n) is 6.54. The van der Waals surface area contributed by atoms with Crippen LogP contribution >= 0.6 is 27.5 Å². The van der Waals surface area contributed by atoms with E-state index in [2.05, 4.69) is 42.0 Å². The van der Waals surface area contributed by atoms with Crippen molar-refractivity contribution in [1.82, 2.24) is 10.2 Å². The molecule has 0 aliphatic heterocycles. The average molecular weight is 564 g/mol. The van der Waals surface area contributed by atoms with E-state index in [-0.39, 0.29) is 36.4 Å². The van der Waals surface area contributed by atoms with Gasteiger partial charge in [-0.3, -0.25) is 9.59 Å². The van der Waals surface area contributed by atoms with Crippen molar-refractivity contribution in [3.05, 3.63) is 63.1 Å². The van der Waals surface area contributed by atoms with Gasteiger partial charge in [0.1, 0.15) is 11.8 Å². The van der Waals surface area contributed by atoms with Gasteiger partial charge in [0.25, 0.3) is 5.91 Å². The Bertz CT molecular complexity index is 1030. The molecule has 0 aromatic heterocycles. The van der Waals surface area contributed by atoms with E-state index >= 15 is 0 Å². The van der Waals surface area contributed by atoms with Crippen LogP contribution in [0.15, 0.2) is 46.9 Å². The molecule has 190 valence electrons. The number of benzene rings is 2. The fourth-order valence-corrected chi connectivity index (χ4v) is 5.09. The minimum atomic E-state index is -0.602. The zero-order valence-electron chi connectivity index (χ0n) is 21.1. The maximum absolute atomic E-state index is 13.5. The quantitative estimate of drug-likeness (QED) is 0.372. The number of nitrogens with zero attached hydrogens (tertiary/aromatic N) is 1. The van der Waals surface area contributed by atoms with Crippen molar-refractivity contribution in [3.8, 4) is 5.75 Å². The number of hydrogen-bond acceptors (Lipinski definition) is 3. The minimum absolute atomic E-state index is 0.00362. The number of nitrogens with one attached hydrogen (secondary N) is 1. The van der Waals surface area contributed by atoms with Crippen molar-refractivity contribution in [2.75, 3.05) is 6.61 Å². The lowest BCUT2D eigenvalue weighted by Gasteiger charge is -2.31. The molecule has 7 heteroatoms. The van der Waals surface area contributed by atoms with Gasteiger partial charge in [0, 0.05) is 17.6 Å². The van der Waals surface area contributed by atoms with Crippen LogP contribution in [0.2, 0.25) is 5.02 Å². The highest BCUT2D eigenvalue weighted by molar-refractivity contribution is 9.10. The number of hydrogen-bond donors (Lipinski definition) is 1. The summed E-state index contributed by atoms with van der Waals surface area (Å²) in [6.07, 6.45) is 4.73. The predicted octanol–water partition coefficient (Wildman–Crippen LogP) is 6.65. The summed E-state index contributed by atoms with van der Waals surface area (Å²) in [4.78, 5) is 28.3. The molecule has 35 heavy (non-hydrogen) atoms. The first-order valence-electron chi connectivity index (χ1n) is 12.4. The zero-order chi connectivity index (χ0) is 25.6. The second-order valence-electron chi connectivity index (χ2n) is 10.2. The molecule has 3 rings (SSSR count). The maximum Gasteiger partial charge on any atom is 0.261 e. The first-order chi connectivity index (χ1) is 16.6. The Balaban J connectivity index is 1.78. The SMILES string of the molecule is CC[C@@H](C(=O)NC1CCCC1)N(Cc1ccccc1Cl)C(=O)COc1ccc(C(C)(C)C)cc1Br. The molecule has 0 bridgehead atoms. The van der Waals surface area contributed by atoms with Crippen molar-refractivity contribution >= 4 is 39.3 Å². The highest BCUT2D eigenvalue weighted by Crippen LogP contribution is 2.31. The molecule has 2 amide bonds. The van der Waals surface area contributed by atoms with Gasteiger partial charge in [0.15, 0.2) is 6.61 Å². The van der Waals surface area contributed by atoms with Crippen LogP contribution in [0.4, 0.5) is 0 Å². The van der Waals surface area contributed by atoms with Crippen molar-refractivity contribution < 1.29 is 14.3 Å². The molecule has 1 N–H and O–H groups in total. The second kappa shape index (κ2) is 12.3. The molecule has 0 heterocycles. The lowest BCUT2D eigenvalue weighted by Crippen LogP contribution is -2.52. The van der Waals surface area contributed by atoms with E-state index in [1.807, 2.05) is 43.3 Å². The van der Waals surface area contributed by atoms with E-state index in [1.54, 1.807) is 11.0 Å². The molecule has 2 aromatic carbocycles. The van der Waals surface area contributed by atoms with E-state index in [0.29, 0.717) is 17.2 Å². The van der Waals surface area contributed by atoms with Gasteiger partial charge in [-0.2, -0.15) is 0 Å². The highest BCUT2D eigenvalue weighted by Gasteiger charge is 2.31. The zero-order valence-corrected chi connectivity index (χ0v) is 23.4.